The molecule has 2 aromatic carbocycles. The molecule has 2 atom stereocenters. The predicted molar refractivity (Wildman–Crippen MR) is 123 cm³/mol. The molecule has 4 rings (SSSR count). The normalized spacial score (nSPS) is 18.8. The Kier molecular flexibility index (Phi) is 6.53. The predicted octanol–water partition coefficient (Wildman–Crippen LogP) is 4.26. The maximum Gasteiger partial charge on any atom is 0.291 e. The number of nitrogens with zero attached hydrogens (tertiary/aromatic N) is 1. The minimum atomic E-state index is -3.66. The van der Waals surface area contributed by atoms with Crippen molar-refractivity contribution in [2.75, 3.05) is 23.3 Å². The monoisotopic (exact) mass is 472 g/mol. The molecule has 9 heteroatoms. The number of carbonyl (C=O) groups is 1. The largest absolute Gasteiger partial charge is 0.459 e. The highest BCUT2D eigenvalue weighted by atomic mass is 32.2. The van der Waals surface area contributed by atoms with Crippen molar-refractivity contribution in [2.45, 2.75) is 36.7 Å². The van der Waals surface area contributed by atoms with Crippen LogP contribution in [0.1, 0.15) is 30.0 Å². The first-order valence-electron chi connectivity index (χ1n) is 10.6. The average Bonchev–Trinajstić information content (AvgIpc) is 3.21. The number of halogens is 1. The molecule has 1 aromatic heterocycles. The number of sulfone groups is 1. The van der Waals surface area contributed by atoms with E-state index in [4.69, 9.17) is 9.15 Å². The maximum atomic E-state index is 14.8. The summed E-state index contributed by atoms with van der Waals surface area (Å²) in [6, 6.07) is 13.9. The fraction of sp³-hybridized carbons (Fsp3) is 0.292. The fourth-order valence-electron chi connectivity index (χ4n) is 3.97. The quantitative estimate of drug-likeness (QED) is 0.577. The van der Waals surface area contributed by atoms with Gasteiger partial charge in [0.1, 0.15) is 5.82 Å². The first-order chi connectivity index (χ1) is 15.7. The summed E-state index contributed by atoms with van der Waals surface area (Å²) >= 11 is 0. The maximum absolute atomic E-state index is 14.8. The number of morpholine rings is 1. The van der Waals surface area contributed by atoms with Gasteiger partial charge in [0.25, 0.3) is 5.91 Å². The Morgan fingerprint density at radius 3 is 2.45 bits per heavy atom. The van der Waals surface area contributed by atoms with Gasteiger partial charge in [0, 0.05) is 24.3 Å². The van der Waals surface area contributed by atoms with Crippen LogP contribution in [0.4, 0.5) is 15.8 Å². The molecule has 33 heavy (non-hydrogen) atoms. The summed E-state index contributed by atoms with van der Waals surface area (Å²) in [5.74, 6) is -1.65. The Hall–Kier alpha value is -3.17. The van der Waals surface area contributed by atoms with Gasteiger partial charge >= 0.3 is 0 Å². The number of amides is 1. The van der Waals surface area contributed by atoms with Gasteiger partial charge in [-0.3, -0.25) is 4.79 Å². The van der Waals surface area contributed by atoms with Crippen molar-refractivity contribution in [3.05, 3.63) is 78.0 Å². The summed E-state index contributed by atoms with van der Waals surface area (Å²) in [5.41, 5.74) is 0.899. The number of rotatable bonds is 6. The van der Waals surface area contributed by atoms with Gasteiger partial charge in [-0.15, -0.1) is 0 Å². The zero-order valence-corrected chi connectivity index (χ0v) is 19.1. The molecule has 1 aliphatic heterocycles. The molecule has 1 N–H and O–H groups in total. The van der Waals surface area contributed by atoms with Gasteiger partial charge in [-0.05, 0) is 50.2 Å². The molecule has 2 unspecified atom stereocenters. The lowest BCUT2D eigenvalue weighted by Crippen LogP contribution is -2.45. The van der Waals surface area contributed by atoms with E-state index < -0.39 is 27.3 Å². The standard InChI is InChI=1S/C24H25FN2O5S/c1-16-13-27(14-17(2)32-16)22-9-8-19(12-21(22)25)26-24(28)23-18(10-11-31-23)15-33(29,30)20-6-4-3-5-7-20/h3-12,16-17H,13-15H2,1-2H3,(H,26,28). The lowest BCUT2D eigenvalue weighted by molar-refractivity contribution is -0.00539. The van der Waals surface area contributed by atoms with Gasteiger partial charge in [0.15, 0.2) is 15.6 Å². The first-order valence-corrected chi connectivity index (χ1v) is 12.2. The Morgan fingerprint density at radius 2 is 1.79 bits per heavy atom. The van der Waals surface area contributed by atoms with Crippen molar-refractivity contribution in [1.82, 2.24) is 0 Å². The molecule has 1 fully saturated rings. The summed E-state index contributed by atoms with van der Waals surface area (Å²) in [5, 5.41) is 2.59. The van der Waals surface area contributed by atoms with E-state index in [-0.39, 0.29) is 34.1 Å². The smallest absolute Gasteiger partial charge is 0.291 e. The van der Waals surface area contributed by atoms with E-state index in [1.807, 2.05) is 18.7 Å². The van der Waals surface area contributed by atoms with Crippen molar-refractivity contribution >= 4 is 27.1 Å². The van der Waals surface area contributed by atoms with E-state index in [0.29, 0.717) is 18.8 Å². The molecular formula is C24H25FN2O5S. The molecule has 0 radical (unpaired) electrons. The van der Waals surface area contributed by atoms with Gasteiger partial charge in [0.05, 0.1) is 34.8 Å². The number of hydrogen-bond donors (Lipinski definition) is 1. The van der Waals surface area contributed by atoms with Crippen molar-refractivity contribution in [3.8, 4) is 0 Å². The minimum Gasteiger partial charge on any atom is -0.459 e. The topological polar surface area (TPSA) is 88.9 Å². The Balaban J connectivity index is 1.49. The summed E-state index contributed by atoms with van der Waals surface area (Å²) in [7, 11) is -3.66. The molecule has 7 nitrogen and oxygen atoms in total. The zero-order valence-electron chi connectivity index (χ0n) is 18.3. The lowest BCUT2D eigenvalue weighted by Gasteiger charge is -2.37. The third kappa shape index (κ3) is 5.26. The highest BCUT2D eigenvalue weighted by Crippen LogP contribution is 2.27. The summed E-state index contributed by atoms with van der Waals surface area (Å²) in [6.07, 6.45) is 1.23. The number of ether oxygens (including phenoxy) is 1. The number of carbonyl (C=O) groups excluding carboxylic acids is 1. The lowest BCUT2D eigenvalue weighted by atomic mass is 10.1. The second-order valence-electron chi connectivity index (χ2n) is 8.13. The Bertz CT molecular complexity index is 1230. The molecule has 0 spiro atoms. The summed E-state index contributed by atoms with van der Waals surface area (Å²) in [6.45, 7) is 5.01. The number of anilines is 2. The van der Waals surface area contributed by atoms with Crippen LogP contribution in [0.3, 0.4) is 0 Å². The summed E-state index contributed by atoms with van der Waals surface area (Å²) in [4.78, 5) is 14.8. The van der Waals surface area contributed by atoms with Crippen LogP contribution in [0.15, 0.2) is 70.2 Å². The van der Waals surface area contributed by atoms with Crippen molar-refractivity contribution in [2.24, 2.45) is 0 Å². The molecule has 1 amide bonds. The second-order valence-corrected chi connectivity index (χ2v) is 10.1. The number of benzene rings is 2. The number of furan rings is 1. The Labute approximate surface area is 192 Å². The highest BCUT2D eigenvalue weighted by Gasteiger charge is 2.25. The van der Waals surface area contributed by atoms with Crippen molar-refractivity contribution in [1.29, 1.82) is 0 Å². The average molecular weight is 473 g/mol. The second kappa shape index (κ2) is 9.36. The molecule has 1 aliphatic rings. The van der Waals surface area contributed by atoms with Gasteiger partial charge < -0.3 is 19.4 Å². The molecular weight excluding hydrogens is 447 g/mol. The van der Waals surface area contributed by atoms with Crippen LogP contribution in [-0.2, 0) is 20.3 Å². The molecule has 1 saturated heterocycles. The van der Waals surface area contributed by atoms with Gasteiger partial charge in [-0.1, -0.05) is 18.2 Å². The first kappa shape index (κ1) is 23.0. The highest BCUT2D eigenvalue weighted by molar-refractivity contribution is 7.90. The molecule has 0 bridgehead atoms. The summed E-state index contributed by atoms with van der Waals surface area (Å²) < 4.78 is 51.1. The molecule has 174 valence electrons. The van der Waals surface area contributed by atoms with E-state index in [2.05, 4.69) is 5.32 Å². The third-order valence-corrected chi connectivity index (χ3v) is 7.05. The van der Waals surface area contributed by atoms with Crippen LogP contribution in [0.5, 0.6) is 0 Å². The van der Waals surface area contributed by atoms with Crippen LogP contribution < -0.4 is 10.2 Å². The Morgan fingerprint density at radius 1 is 1.09 bits per heavy atom. The van der Waals surface area contributed by atoms with E-state index in [1.165, 1.54) is 30.5 Å². The van der Waals surface area contributed by atoms with Gasteiger partial charge in [-0.25, -0.2) is 12.8 Å². The van der Waals surface area contributed by atoms with Crippen molar-refractivity contribution < 1.29 is 26.8 Å². The fourth-order valence-corrected chi connectivity index (χ4v) is 5.34. The SMILES string of the molecule is CC1CN(c2ccc(NC(=O)c3occc3CS(=O)(=O)c3ccccc3)cc2F)CC(C)O1. The van der Waals surface area contributed by atoms with Crippen LogP contribution in [0, 0.1) is 5.82 Å². The minimum absolute atomic E-state index is 0.0166. The van der Waals surface area contributed by atoms with Gasteiger partial charge in [-0.2, -0.15) is 0 Å². The van der Waals surface area contributed by atoms with Crippen molar-refractivity contribution in [3.63, 3.8) is 0 Å². The van der Waals surface area contributed by atoms with E-state index in [9.17, 15) is 17.6 Å². The molecule has 3 aromatic rings. The van der Waals surface area contributed by atoms with E-state index in [1.54, 1.807) is 30.3 Å². The number of hydrogen-bond acceptors (Lipinski definition) is 6. The van der Waals surface area contributed by atoms with E-state index >= 15 is 0 Å². The molecule has 0 saturated carbocycles. The van der Waals surface area contributed by atoms with Crippen LogP contribution in [0.25, 0.3) is 0 Å². The van der Waals surface area contributed by atoms with Crippen LogP contribution in [-0.4, -0.2) is 39.6 Å². The number of nitrogens with one attached hydrogen (secondary N) is 1. The molecule has 2 heterocycles. The molecule has 0 aliphatic carbocycles. The third-order valence-electron chi connectivity index (χ3n) is 5.37. The van der Waals surface area contributed by atoms with Crippen LogP contribution >= 0.6 is 0 Å². The van der Waals surface area contributed by atoms with Gasteiger partial charge in [0.2, 0.25) is 0 Å². The zero-order chi connectivity index (χ0) is 23.6. The van der Waals surface area contributed by atoms with Crippen LogP contribution in [0.2, 0.25) is 0 Å². The van der Waals surface area contributed by atoms with E-state index in [0.717, 1.165) is 0 Å².